The number of halogens is 2. The molecule has 4 nitrogen and oxygen atoms in total. The van der Waals surface area contributed by atoms with Gasteiger partial charge in [-0.05, 0) is 35.1 Å². The van der Waals surface area contributed by atoms with E-state index in [1.54, 1.807) is 6.07 Å². The van der Waals surface area contributed by atoms with E-state index in [9.17, 15) is 4.39 Å². The van der Waals surface area contributed by atoms with E-state index >= 15 is 0 Å². The molecule has 0 fully saturated rings. The van der Waals surface area contributed by atoms with E-state index in [2.05, 4.69) is 31.4 Å². The first-order valence-corrected chi connectivity index (χ1v) is 6.40. The van der Waals surface area contributed by atoms with Gasteiger partial charge in [-0.1, -0.05) is 16.4 Å². The first-order valence-electron chi connectivity index (χ1n) is 4.79. The lowest BCUT2D eigenvalue weighted by Crippen LogP contribution is -2.04. The predicted molar refractivity (Wildman–Crippen MR) is 66.8 cm³/mol. The zero-order valence-corrected chi connectivity index (χ0v) is 11.3. The molecule has 1 aromatic carbocycles. The van der Waals surface area contributed by atoms with Crippen molar-refractivity contribution in [2.45, 2.75) is 6.54 Å². The Morgan fingerprint density at radius 2 is 2.29 bits per heavy atom. The monoisotopic (exact) mass is 317 g/mol. The highest BCUT2D eigenvalue weighted by atomic mass is 79.9. The average Bonchev–Trinajstić information content (AvgIpc) is 2.72. The van der Waals surface area contributed by atoms with Crippen LogP contribution in [-0.4, -0.2) is 17.2 Å². The third-order valence-electron chi connectivity index (χ3n) is 1.87. The molecule has 0 unspecified atom stereocenters. The zero-order valence-electron chi connectivity index (χ0n) is 8.91. The quantitative estimate of drug-likeness (QED) is 0.941. The molecule has 0 spiro atoms. The molecule has 0 radical (unpaired) electrons. The van der Waals surface area contributed by atoms with Crippen LogP contribution in [0.3, 0.4) is 0 Å². The van der Waals surface area contributed by atoms with E-state index in [4.69, 9.17) is 4.74 Å². The summed E-state index contributed by atoms with van der Waals surface area (Å²) in [6, 6.07) is 4.23. The van der Waals surface area contributed by atoms with E-state index in [0.717, 1.165) is 5.01 Å². The van der Waals surface area contributed by atoms with E-state index in [0.29, 0.717) is 22.0 Å². The Labute approximate surface area is 110 Å². The first kappa shape index (κ1) is 12.4. The van der Waals surface area contributed by atoms with E-state index in [1.165, 1.54) is 23.5 Å². The molecule has 7 heteroatoms. The Balaban J connectivity index is 2.16. The first-order chi connectivity index (χ1) is 8.19. The fraction of sp³-hybridized carbons (Fsp3) is 0.200. The van der Waals surface area contributed by atoms with Crippen molar-refractivity contribution in [1.29, 1.82) is 0 Å². The topological polar surface area (TPSA) is 47.0 Å². The van der Waals surface area contributed by atoms with Crippen molar-refractivity contribution < 1.29 is 9.13 Å². The maximum absolute atomic E-state index is 13.0. The van der Waals surface area contributed by atoms with Crippen molar-refractivity contribution in [3.63, 3.8) is 0 Å². The molecule has 0 saturated heterocycles. The molecule has 0 aliphatic heterocycles. The summed E-state index contributed by atoms with van der Waals surface area (Å²) in [6.45, 7) is 0.630. The molecule has 0 aliphatic rings. The van der Waals surface area contributed by atoms with Crippen LogP contribution in [0.15, 0.2) is 22.7 Å². The summed E-state index contributed by atoms with van der Waals surface area (Å²) < 4.78 is 19.2. The summed E-state index contributed by atoms with van der Waals surface area (Å²) in [5, 5.41) is 12.0. The summed E-state index contributed by atoms with van der Waals surface area (Å²) >= 11 is 4.59. The van der Waals surface area contributed by atoms with Gasteiger partial charge in [-0.2, -0.15) is 0 Å². The highest BCUT2D eigenvalue weighted by molar-refractivity contribution is 9.10. The summed E-state index contributed by atoms with van der Waals surface area (Å²) in [7, 11) is 1.82. The Kier molecular flexibility index (Phi) is 4.03. The van der Waals surface area contributed by atoms with Gasteiger partial charge in [0.2, 0.25) is 0 Å². The Morgan fingerprint density at radius 1 is 1.47 bits per heavy atom. The fourth-order valence-electron chi connectivity index (χ4n) is 1.15. The molecule has 1 aromatic heterocycles. The molecule has 90 valence electrons. The summed E-state index contributed by atoms with van der Waals surface area (Å²) in [5.74, 6) is 0.0281. The standard InChI is InChI=1S/C10H9BrFN3OS/c1-13-5-9-14-15-10(17-9)16-8-4-6(12)2-3-7(8)11/h2-4,13H,5H2,1H3. The minimum Gasteiger partial charge on any atom is -0.428 e. The van der Waals surface area contributed by atoms with Crippen LogP contribution >= 0.6 is 27.3 Å². The molecule has 2 aromatic rings. The van der Waals surface area contributed by atoms with Crippen molar-refractivity contribution in [1.82, 2.24) is 15.5 Å². The van der Waals surface area contributed by atoms with Crippen LogP contribution in [0.4, 0.5) is 4.39 Å². The second-order valence-electron chi connectivity index (χ2n) is 3.17. The van der Waals surface area contributed by atoms with Crippen molar-refractivity contribution in [3.05, 3.63) is 33.5 Å². The maximum Gasteiger partial charge on any atom is 0.299 e. The number of ether oxygens (including phenoxy) is 1. The van der Waals surface area contributed by atoms with Gasteiger partial charge in [-0.15, -0.1) is 5.10 Å². The van der Waals surface area contributed by atoms with Crippen LogP contribution in [0, 0.1) is 5.82 Å². The van der Waals surface area contributed by atoms with Crippen molar-refractivity contribution >= 4 is 27.3 Å². The Hall–Kier alpha value is -1.05. The zero-order chi connectivity index (χ0) is 12.3. The third kappa shape index (κ3) is 3.21. The van der Waals surface area contributed by atoms with Crippen LogP contribution in [0.25, 0.3) is 0 Å². The summed E-state index contributed by atoms with van der Waals surface area (Å²) in [4.78, 5) is 0. The predicted octanol–water partition coefficient (Wildman–Crippen LogP) is 2.95. The number of hydrogen-bond donors (Lipinski definition) is 1. The minimum atomic E-state index is -0.358. The molecule has 0 bridgehead atoms. The third-order valence-corrected chi connectivity index (χ3v) is 3.32. The minimum absolute atomic E-state index is 0.358. The molecular weight excluding hydrogens is 309 g/mol. The Morgan fingerprint density at radius 3 is 3.06 bits per heavy atom. The molecule has 1 heterocycles. The van der Waals surface area contributed by atoms with Crippen molar-refractivity contribution in [3.8, 4) is 10.9 Å². The highest BCUT2D eigenvalue weighted by Crippen LogP contribution is 2.31. The second-order valence-corrected chi connectivity index (χ2v) is 5.05. The van der Waals surface area contributed by atoms with E-state index < -0.39 is 0 Å². The number of aromatic nitrogens is 2. The number of nitrogens with one attached hydrogen (secondary N) is 1. The van der Waals surface area contributed by atoms with Gasteiger partial charge in [0.25, 0.3) is 5.19 Å². The lowest BCUT2D eigenvalue weighted by Gasteiger charge is -2.03. The number of rotatable bonds is 4. The fourth-order valence-corrected chi connectivity index (χ4v) is 2.19. The second kappa shape index (κ2) is 5.52. The van der Waals surface area contributed by atoms with Crippen LogP contribution < -0.4 is 10.1 Å². The molecule has 0 amide bonds. The summed E-state index contributed by atoms with van der Waals surface area (Å²) in [5.41, 5.74) is 0. The molecule has 1 N–H and O–H groups in total. The normalized spacial score (nSPS) is 10.5. The van der Waals surface area contributed by atoms with Gasteiger partial charge < -0.3 is 10.1 Å². The van der Waals surface area contributed by atoms with Gasteiger partial charge in [-0.25, -0.2) is 4.39 Å². The van der Waals surface area contributed by atoms with Gasteiger partial charge >= 0.3 is 0 Å². The van der Waals surface area contributed by atoms with Crippen LogP contribution in [-0.2, 0) is 6.54 Å². The number of nitrogens with zero attached hydrogens (tertiary/aromatic N) is 2. The van der Waals surface area contributed by atoms with Gasteiger partial charge in [0.05, 0.1) is 4.47 Å². The van der Waals surface area contributed by atoms with Gasteiger partial charge in [0, 0.05) is 12.6 Å². The van der Waals surface area contributed by atoms with E-state index in [1.807, 2.05) is 7.05 Å². The molecule has 0 atom stereocenters. The molecule has 17 heavy (non-hydrogen) atoms. The lowest BCUT2D eigenvalue weighted by atomic mass is 10.3. The van der Waals surface area contributed by atoms with Crippen LogP contribution in [0.2, 0.25) is 0 Å². The molecule has 0 aliphatic carbocycles. The molecule has 2 rings (SSSR count). The lowest BCUT2D eigenvalue weighted by molar-refractivity contribution is 0.465. The van der Waals surface area contributed by atoms with Gasteiger partial charge in [-0.3, -0.25) is 0 Å². The van der Waals surface area contributed by atoms with Crippen molar-refractivity contribution in [2.24, 2.45) is 0 Å². The summed E-state index contributed by atoms with van der Waals surface area (Å²) in [6.07, 6.45) is 0. The average molecular weight is 318 g/mol. The highest BCUT2D eigenvalue weighted by Gasteiger charge is 2.09. The molecule has 0 saturated carbocycles. The number of hydrogen-bond acceptors (Lipinski definition) is 5. The SMILES string of the molecule is CNCc1nnc(Oc2cc(F)ccc2Br)s1. The van der Waals surface area contributed by atoms with Gasteiger partial charge in [0.15, 0.2) is 0 Å². The molecular formula is C10H9BrFN3OS. The smallest absolute Gasteiger partial charge is 0.299 e. The van der Waals surface area contributed by atoms with Gasteiger partial charge in [0.1, 0.15) is 16.6 Å². The number of benzene rings is 1. The van der Waals surface area contributed by atoms with Crippen LogP contribution in [0.1, 0.15) is 5.01 Å². The van der Waals surface area contributed by atoms with Crippen molar-refractivity contribution in [2.75, 3.05) is 7.05 Å². The Bertz CT molecular complexity index is 520. The largest absolute Gasteiger partial charge is 0.428 e. The maximum atomic E-state index is 13.0. The van der Waals surface area contributed by atoms with Crippen LogP contribution in [0.5, 0.6) is 10.9 Å². The van der Waals surface area contributed by atoms with E-state index in [-0.39, 0.29) is 5.82 Å².